The molecule has 2 rings (SSSR count). The number of anilines is 1. The number of hydrogen-bond acceptors (Lipinski definition) is 3. The van der Waals surface area contributed by atoms with E-state index in [9.17, 15) is 0 Å². The quantitative estimate of drug-likeness (QED) is 0.884. The van der Waals surface area contributed by atoms with Crippen molar-refractivity contribution in [1.82, 2.24) is 4.98 Å². The SMILES string of the molecule is CCC1(CC)CC(Nc2ccc(C(C)(C)C)cn2)CCO1. The average Bonchev–Trinajstić information content (AvgIpc) is 2.47. The molecule has 21 heavy (non-hydrogen) atoms. The molecule has 0 saturated carbocycles. The van der Waals surface area contributed by atoms with Gasteiger partial charge in [-0.05, 0) is 42.7 Å². The second kappa shape index (κ2) is 6.35. The number of rotatable bonds is 4. The smallest absolute Gasteiger partial charge is 0.126 e. The first-order chi connectivity index (χ1) is 9.88. The topological polar surface area (TPSA) is 34.2 Å². The Morgan fingerprint density at radius 1 is 1.29 bits per heavy atom. The third kappa shape index (κ3) is 3.97. The van der Waals surface area contributed by atoms with Gasteiger partial charge in [0.1, 0.15) is 5.82 Å². The number of nitrogens with one attached hydrogen (secondary N) is 1. The Bertz CT molecular complexity index is 443. The summed E-state index contributed by atoms with van der Waals surface area (Å²) in [5, 5.41) is 3.59. The van der Waals surface area contributed by atoms with Crippen LogP contribution in [-0.4, -0.2) is 23.2 Å². The summed E-state index contributed by atoms with van der Waals surface area (Å²) in [6.45, 7) is 11.9. The first-order valence-electron chi connectivity index (χ1n) is 8.25. The predicted molar refractivity (Wildman–Crippen MR) is 88.8 cm³/mol. The first kappa shape index (κ1) is 16.3. The highest BCUT2D eigenvalue weighted by atomic mass is 16.5. The van der Waals surface area contributed by atoms with Crippen LogP contribution in [0, 0.1) is 0 Å². The molecule has 0 bridgehead atoms. The molecule has 0 amide bonds. The Labute approximate surface area is 129 Å². The zero-order valence-electron chi connectivity index (χ0n) is 14.2. The number of pyridine rings is 1. The summed E-state index contributed by atoms with van der Waals surface area (Å²) in [6, 6.07) is 4.75. The fraction of sp³-hybridized carbons (Fsp3) is 0.722. The summed E-state index contributed by atoms with van der Waals surface area (Å²) in [5.74, 6) is 0.982. The molecule has 1 aliphatic rings. The predicted octanol–water partition coefficient (Wildman–Crippen LogP) is 4.53. The van der Waals surface area contributed by atoms with Crippen molar-refractivity contribution in [2.75, 3.05) is 11.9 Å². The zero-order chi connectivity index (χ0) is 15.5. The first-order valence-corrected chi connectivity index (χ1v) is 8.25. The Kier molecular flexibility index (Phi) is 4.92. The molecule has 1 fully saturated rings. The van der Waals surface area contributed by atoms with Crippen LogP contribution in [0.15, 0.2) is 18.3 Å². The Balaban J connectivity index is 2.01. The largest absolute Gasteiger partial charge is 0.375 e. The fourth-order valence-electron chi connectivity index (χ4n) is 3.03. The standard InChI is InChI=1S/C18H30N2O/c1-6-18(7-2)12-15(10-11-21-18)20-16-9-8-14(13-19-16)17(3,4)5/h8-9,13,15H,6-7,10-12H2,1-5H3,(H,19,20). The fourth-order valence-corrected chi connectivity index (χ4v) is 3.03. The minimum Gasteiger partial charge on any atom is -0.375 e. The van der Waals surface area contributed by atoms with E-state index in [1.54, 1.807) is 0 Å². The molecule has 1 unspecified atom stereocenters. The molecule has 1 saturated heterocycles. The molecule has 0 radical (unpaired) electrons. The Morgan fingerprint density at radius 3 is 2.52 bits per heavy atom. The second-order valence-corrected chi connectivity index (χ2v) is 7.25. The maximum atomic E-state index is 6.04. The van der Waals surface area contributed by atoms with E-state index in [4.69, 9.17) is 4.74 Å². The van der Waals surface area contributed by atoms with Crippen molar-refractivity contribution < 1.29 is 4.74 Å². The molecule has 3 nitrogen and oxygen atoms in total. The third-order valence-electron chi connectivity index (χ3n) is 4.76. The maximum absolute atomic E-state index is 6.04. The van der Waals surface area contributed by atoms with Crippen LogP contribution in [0.2, 0.25) is 0 Å². The van der Waals surface area contributed by atoms with Crippen molar-refractivity contribution in [3.05, 3.63) is 23.9 Å². The van der Waals surface area contributed by atoms with E-state index >= 15 is 0 Å². The highest BCUT2D eigenvalue weighted by molar-refractivity contribution is 5.38. The summed E-state index contributed by atoms with van der Waals surface area (Å²) in [5.41, 5.74) is 1.49. The van der Waals surface area contributed by atoms with Gasteiger partial charge in [0.25, 0.3) is 0 Å². The molecule has 0 spiro atoms. The van der Waals surface area contributed by atoms with Gasteiger partial charge in [-0.2, -0.15) is 0 Å². The van der Waals surface area contributed by atoms with Crippen LogP contribution in [0.1, 0.15) is 65.9 Å². The van der Waals surface area contributed by atoms with Gasteiger partial charge in [0, 0.05) is 18.8 Å². The summed E-state index contributed by atoms with van der Waals surface area (Å²) in [7, 11) is 0. The molecule has 118 valence electrons. The molecule has 1 aromatic heterocycles. The minimum absolute atomic E-state index is 0.0568. The van der Waals surface area contributed by atoms with Crippen molar-refractivity contribution in [1.29, 1.82) is 0 Å². The third-order valence-corrected chi connectivity index (χ3v) is 4.76. The molecule has 1 N–H and O–H groups in total. The van der Waals surface area contributed by atoms with E-state index in [0.29, 0.717) is 6.04 Å². The van der Waals surface area contributed by atoms with E-state index in [1.165, 1.54) is 5.56 Å². The molecule has 3 heteroatoms. The Morgan fingerprint density at radius 2 is 2.00 bits per heavy atom. The van der Waals surface area contributed by atoms with Crippen molar-refractivity contribution in [3.63, 3.8) is 0 Å². The lowest BCUT2D eigenvalue weighted by molar-refractivity contribution is -0.0864. The number of aromatic nitrogens is 1. The van der Waals surface area contributed by atoms with E-state index in [-0.39, 0.29) is 11.0 Å². The van der Waals surface area contributed by atoms with Crippen LogP contribution in [-0.2, 0) is 10.2 Å². The van der Waals surface area contributed by atoms with Gasteiger partial charge in [0.2, 0.25) is 0 Å². The number of ether oxygens (including phenoxy) is 1. The van der Waals surface area contributed by atoms with Gasteiger partial charge >= 0.3 is 0 Å². The van der Waals surface area contributed by atoms with E-state index < -0.39 is 0 Å². The monoisotopic (exact) mass is 290 g/mol. The van der Waals surface area contributed by atoms with Crippen molar-refractivity contribution >= 4 is 5.82 Å². The highest BCUT2D eigenvalue weighted by Crippen LogP contribution is 2.32. The minimum atomic E-state index is 0.0568. The molecular formula is C18H30N2O. The van der Waals surface area contributed by atoms with Crippen LogP contribution in [0.4, 0.5) is 5.82 Å². The van der Waals surface area contributed by atoms with Crippen molar-refractivity contribution in [2.24, 2.45) is 0 Å². The summed E-state index contributed by atoms with van der Waals surface area (Å²) in [6.07, 6.45) is 6.29. The number of hydrogen-bond donors (Lipinski definition) is 1. The van der Waals surface area contributed by atoms with Crippen LogP contribution >= 0.6 is 0 Å². The molecule has 1 aliphatic heterocycles. The summed E-state index contributed by atoms with van der Waals surface area (Å²) >= 11 is 0. The Hall–Kier alpha value is -1.09. The van der Waals surface area contributed by atoms with Crippen LogP contribution in [0.3, 0.4) is 0 Å². The molecule has 1 aromatic rings. The van der Waals surface area contributed by atoms with Crippen LogP contribution < -0.4 is 5.32 Å². The van der Waals surface area contributed by atoms with Crippen molar-refractivity contribution in [2.45, 2.75) is 77.4 Å². The van der Waals surface area contributed by atoms with Gasteiger partial charge in [-0.15, -0.1) is 0 Å². The lowest BCUT2D eigenvalue weighted by Gasteiger charge is -2.40. The van der Waals surface area contributed by atoms with Gasteiger partial charge < -0.3 is 10.1 Å². The highest BCUT2D eigenvalue weighted by Gasteiger charge is 2.34. The summed E-state index contributed by atoms with van der Waals surface area (Å²) < 4.78 is 6.04. The van der Waals surface area contributed by atoms with E-state index in [0.717, 1.165) is 38.1 Å². The molecular weight excluding hydrogens is 260 g/mol. The lowest BCUT2D eigenvalue weighted by atomic mass is 9.86. The molecule has 2 heterocycles. The molecule has 0 aliphatic carbocycles. The maximum Gasteiger partial charge on any atom is 0.126 e. The van der Waals surface area contributed by atoms with Gasteiger partial charge in [-0.25, -0.2) is 4.98 Å². The van der Waals surface area contributed by atoms with Gasteiger partial charge in [-0.3, -0.25) is 0 Å². The lowest BCUT2D eigenvalue weighted by Crippen LogP contribution is -2.43. The van der Waals surface area contributed by atoms with Crippen LogP contribution in [0.5, 0.6) is 0 Å². The van der Waals surface area contributed by atoms with Crippen LogP contribution in [0.25, 0.3) is 0 Å². The number of nitrogens with zero attached hydrogens (tertiary/aromatic N) is 1. The summed E-state index contributed by atoms with van der Waals surface area (Å²) in [4.78, 5) is 4.59. The van der Waals surface area contributed by atoms with Gasteiger partial charge in [-0.1, -0.05) is 40.7 Å². The van der Waals surface area contributed by atoms with Gasteiger partial charge in [0.05, 0.1) is 5.60 Å². The second-order valence-electron chi connectivity index (χ2n) is 7.25. The normalized spacial score (nSPS) is 22.0. The molecule has 1 atom stereocenters. The van der Waals surface area contributed by atoms with E-state index in [2.05, 4.69) is 57.1 Å². The van der Waals surface area contributed by atoms with Gasteiger partial charge in [0.15, 0.2) is 0 Å². The average molecular weight is 290 g/mol. The molecule has 0 aromatic carbocycles. The zero-order valence-corrected chi connectivity index (χ0v) is 14.2. The van der Waals surface area contributed by atoms with E-state index in [1.807, 2.05) is 6.20 Å². The van der Waals surface area contributed by atoms with Crippen molar-refractivity contribution in [3.8, 4) is 0 Å².